The fourth-order valence-corrected chi connectivity index (χ4v) is 3.65. The number of nitrogens with one attached hydrogen (secondary N) is 2. The highest BCUT2D eigenvalue weighted by molar-refractivity contribution is 7.99. The molecule has 8 heteroatoms. The number of carbonyl (C=O) groups is 2. The van der Waals surface area contributed by atoms with Gasteiger partial charge >= 0.3 is 0 Å². The Morgan fingerprint density at radius 1 is 1.25 bits per heavy atom. The molecule has 1 heterocycles. The second-order valence-electron chi connectivity index (χ2n) is 6.26. The molecule has 2 N–H and O–H groups in total. The number of benzene rings is 2. The van der Waals surface area contributed by atoms with Crippen molar-refractivity contribution in [1.29, 1.82) is 0 Å². The van der Waals surface area contributed by atoms with E-state index in [4.69, 9.17) is 11.6 Å². The molecule has 2 aromatic carbocycles. The molecular weight excluding hydrogens is 396 g/mol. The number of aromatic nitrogens is 2. The Kier molecular flexibility index (Phi) is 6.59. The zero-order valence-electron chi connectivity index (χ0n) is 15.7. The summed E-state index contributed by atoms with van der Waals surface area (Å²) in [5.41, 5.74) is 3.35. The van der Waals surface area contributed by atoms with Gasteiger partial charge in [0.1, 0.15) is 0 Å². The molecule has 0 aliphatic heterocycles. The first-order valence-electron chi connectivity index (χ1n) is 8.87. The highest BCUT2D eigenvalue weighted by Crippen LogP contribution is 2.21. The van der Waals surface area contributed by atoms with Gasteiger partial charge in [0.2, 0.25) is 11.8 Å². The first kappa shape index (κ1) is 20.2. The average molecular weight is 417 g/mol. The first-order valence-corrected chi connectivity index (χ1v) is 10.2. The van der Waals surface area contributed by atoms with E-state index in [0.29, 0.717) is 22.4 Å². The van der Waals surface area contributed by atoms with Crippen LogP contribution in [0.5, 0.6) is 0 Å². The third-order valence-corrected chi connectivity index (χ3v) is 5.34. The minimum absolute atomic E-state index is 0.0119. The molecule has 0 fully saturated rings. The molecule has 0 radical (unpaired) electrons. The Morgan fingerprint density at radius 2 is 2.04 bits per heavy atom. The van der Waals surface area contributed by atoms with E-state index in [1.165, 1.54) is 16.7 Å². The zero-order chi connectivity index (χ0) is 20.1. The summed E-state index contributed by atoms with van der Waals surface area (Å²) in [5.74, 6) is -0.169. The lowest BCUT2D eigenvalue weighted by atomic mass is 10.2. The van der Waals surface area contributed by atoms with Crippen LogP contribution in [0, 0.1) is 6.92 Å². The summed E-state index contributed by atoms with van der Waals surface area (Å²) in [7, 11) is 0. The lowest BCUT2D eigenvalue weighted by molar-refractivity contribution is -0.132. The number of anilines is 1. The summed E-state index contributed by atoms with van der Waals surface area (Å²) in [6.45, 7) is 4.17. The molecule has 0 saturated carbocycles. The van der Waals surface area contributed by atoms with Gasteiger partial charge in [-0.1, -0.05) is 41.6 Å². The number of aromatic amines is 1. The Hall–Kier alpha value is -2.51. The number of thioether (sulfide) groups is 1. The van der Waals surface area contributed by atoms with Crippen molar-refractivity contribution < 1.29 is 9.59 Å². The minimum Gasteiger partial charge on any atom is -0.333 e. The molecule has 0 aliphatic rings. The Balaban J connectivity index is 1.56. The van der Waals surface area contributed by atoms with Gasteiger partial charge in [0, 0.05) is 17.3 Å². The van der Waals surface area contributed by atoms with E-state index >= 15 is 0 Å². The van der Waals surface area contributed by atoms with Crippen LogP contribution >= 0.6 is 23.4 Å². The summed E-state index contributed by atoms with van der Waals surface area (Å²) in [5, 5.41) is 4.05. The molecule has 0 unspecified atom stereocenters. The van der Waals surface area contributed by atoms with Gasteiger partial charge < -0.3 is 15.2 Å². The number of hydrogen-bond acceptors (Lipinski definition) is 4. The molecule has 6 nitrogen and oxygen atoms in total. The predicted molar refractivity (Wildman–Crippen MR) is 114 cm³/mol. The molecule has 3 aromatic rings. The third kappa shape index (κ3) is 5.05. The predicted octanol–water partition coefficient (Wildman–Crippen LogP) is 4.10. The van der Waals surface area contributed by atoms with Crippen LogP contribution in [-0.4, -0.2) is 45.5 Å². The summed E-state index contributed by atoms with van der Waals surface area (Å²) < 4.78 is 0. The molecule has 0 bridgehead atoms. The van der Waals surface area contributed by atoms with Crippen LogP contribution in [0.2, 0.25) is 5.02 Å². The summed E-state index contributed by atoms with van der Waals surface area (Å²) in [4.78, 5) is 34.1. The molecule has 28 heavy (non-hydrogen) atoms. The quantitative estimate of drug-likeness (QED) is 0.568. The second kappa shape index (κ2) is 9.12. The number of amides is 2. The number of aryl methyl sites for hydroxylation is 1. The van der Waals surface area contributed by atoms with E-state index in [-0.39, 0.29) is 24.1 Å². The molecular formula is C20H21ClN4O2S. The van der Waals surface area contributed by atoms with E-state index in [0.717, 1.165) is 16.6 Å². The Labute approximate surface area is 172 Å². The number of likely N-dealkylation sites (N-methyl/N-ethyl adjacent to an activating group) is 1. The van der Waals surface area contributed by atoms with E-state index < -0.39 is 0 Å². The van der Waals surface area contributed by atoms with Gasteiger partial charge in [-0.15, -0.1) is 0 Å². The molecule has 3 rings (SSSR count). The average Bonchev–Trinajstić information content (AvgIpc) is 3.10. The topological polar surface area (TPSA) is 78.1 Å². The van der Waals surface area contributed by atoms with Gasteiger partial charge in [-0.05, 0) is 43.7 Å². The zero-order valence-corrected chi connectivity index (χ0v) is 17.2. The summed E-state index contributed by atoms with van der Waals surface area (Å²) in [6.07, 6.45) is 0. The van der Waals surface area contributed by atoms with Gasteiger partial charge in [0.05, 0.1) is 23.3 Å². The van der Waals surface area contributed by atoms with Crippen LogP contribution in [0.4, 0.5) is 5.69 Å². The largest absolute Gasteiger partial charge is 0.333 e. The standard InChI is InChI=1S/C20H21ClN4O2S/c1-3-25(11-18(26)22-17-10-14(21)9-8-13(17)2)19(27)12-28-20-23-15-6-4-5-7-16(15)24-20/h4-10H,3,11-12H2,1-2H3,(H,22,26)(H,23,24). The number of rotatable bonds is 7. The normalized spacial score (nSPS) is 10.8. The van der Waals surface area contributed by atoms with Gasteiger partial charge in [-0.25, -0.2) is 4.98 Å². The fourth-order valence-electron chi connectivity index (χ4n) is 2.69. The Morgan fingerprint density at radius 3 is 2.79 bits per heavy atom. The maximum Gasteiger partial charge on any atom is 0.244 e. The lowest BCUT2D eigenvalue weighted by Crippen LogP contribution is -2.38. The van der Waals surface area contributed by atoms with E-state index in [1.54, 1.807) is 12.1 Å². The molecule has 0 spiro atoms. The number of nitrogens with zero attached hydrogens (tertiary/aromatic N) is 2. The molecule has 146 valence electrons. The lowest BCUT2D eigenvalue weighted by Gasteiger charge is -2.20. The highest BCUT2D eigenvalue weighted by atomic mass is 35.5. The SMILES string of the molecule is CCN(CC(=O)Nc1cc(Cl)ccc1C)C(=O)CSc1nc2ccccc2[nH]1. The van der Waals surface area contributed by atoms with E-state index in [2.05, 4.69) is 15.3 Å². The van der Waals surface area contributed by atoms with Crippen molar-refractivity contribution in [3.63, 3.8) is 0 Å². The van der Waals surface area contributed by atoms with Crippen LogP contribution < -0.4 is 5.32 Å². The number of carbonyl (C=O) groups excluding carboxylic acids is 2. The molecule has 0 aliphatic carbocycles. The third-order valence-electron chi connectivity index (χ3n) is 4.24. The van der Waals surface area contributed by atoms with E-state index in [9.17, 15) is 9.59 Å². The molecule has 2 amide bonds. The monoisotopic (exact) mass is 416 g/mol. The molecule has 1 aromatic heterocycles. The summed E-state index contributed by atoms with van der Waals surface area (Å²) in [6, 6.07) is 13.0. The number of H-pyrrole nitrogens is 1. The maximum absolute atomic E-state index is 12.5. The van der Waals surface area contributed by atoms with Crippen molar-refractivity contribution in [2.24, 2.45) is 0 Å². The number of hydrogen-bond donors (Lipinski definition) is 2. The van der Waals surface area contributed by atoms with E-state index in [1.807, 2.05) is 44.2 Å². The van der Waals surface area contributed by atoms with Crippen LogP contribution in [0.1, 0.15) is 12.5 Å². The van der Waals surface area contributed by atoms with Crippen molar-refractivity contribution >= 4 is 51.9 Å². The highest BCUT2D eigenvalue weighted by Gasteiger charge is 2.17. The number of para-hydroxylation sites is 2. The minimum atomic E-state index is -0.255. The van der Waals surface area contributed by atoms with Gasteiger partial charge in [0.25, 0.3) is 0 Å². The van der Waals surface area contributed by atoms with Crippen molar-refractivity contribution in [2.45, 2.75) is 19.0 Å². The first-order chi connectivity index (χ1) is 13.5. The molecule has 0 saturated heterocycles. The second-order valence-corrected chi connectivity index (χ2v) is 7.66. The van der Waals surface area contributed by atoms with Gasteiger partial charge in [-0.3, -0.25) is 9.59 Å². The van der Waals surface area contributed by atoms with Crippen molar-refractivity contribution in [3.05, 3.63) is 53.1 Å². The van der Waals surface area contributed by atoms with Crippen LogP contribution in [0.15, 0.2) is 47.6 Å². The molecule has 0 atom stereocenters. The van der Waals surface area contributed by atoms with Crippen LogP contribution in [0.25, 0.3) is 11.0 Å². The maximum atomic E-state index is 12.5. The Bertz CT molecular complexity index is 972. The van der Waals surface area contributed by atoms with Crippen molar-refractivity contribution in [3.8, 4) is 0 Å². The van der Waals surface area contributed by atoms with Crippen LogP contribution in [-0.2, 0) is 9.59 Å². The van der Waals surface area contributed by atoms with Gasteiger partial charge in [0.15, 0.2) is 5.16 Å². The van der Waals surface area contributed by atoms with Crippen molar-refractivity contribution in [2.75, 3.05) is 24.2 Å². The smallest absolute Gasteiger partial charge is 0.244 e. The number of fused-ring (bicyclic) bond motifs is 1. The summed E-state index contributed by atoms with van der Waals surface area (Å²) >= 11 is 7.31. The van der Waals surface area contributed by atoms with Gasteiger partial charge in [-0.2, -0.15) is 0 Å². The number of imidazole rings is 1. The van der Waals surface area contributed by atoms with Crippen LogP contribution in [0.3, 0.4) is 0 Å². The van der Waals surface area contributed by atoms with Crippen molar-refractivity contribution in [1.82, 2.24) is 14.9 Å². The number of halogens is 1. The fraction of sp³-hybridized carbons (Fsp3) is 0.250.